The number of aliphatic carboxylic acids is 1. The van der Waals surface area contributed by atoms with Crippen LogP contribution in [0.2, 0.25) is 10.0 Å². The van der Waals surface area contributed by atoms with Gasteiger partial charge in [0.1, 0.15) is 0 Å². The maximum absolute atomic E-state index is 10.9. The van der Waals surface area contributed by atoms with E-state index in [9.17, 15) is 4.79 Å². The van der Waals surface area contributed by atoms with Crippen molar-refractivity contribution in [1.29, 1.82) is 0 Å². The Labute approximate surface area is 123 Å². The highest BCUT2D eigenvalue weighted by atomic mass is 79.9. The maximum Gasteiger partial charge on any atom is 0.305 e. The van der Waals surface area contributed by atoms with Crippen molar-refractivity contribution in [2.75, 3.05) is 18.4 Å². The van der Waals surface area contributed by atoms with Crippen LogP contribution in [-0.4, -0.2) is 29.7 Å². The van der Waals surface area contributed by atoms with Crippen molar-refractivity contribution >= 4 is 50.8 Å². The molecule has 1 aromatic rings. The van der Waals surface area contributed by atoms with Crippen LogP contribution in [0.25, 0.3) is 0 Å². The van der Waals surface area contributed by atoms with E-state index < -0.39 is 11.5 Å². The molecule has 2 rings (SSSR count). The second-order valence-electron chi connectivity index (χ2n) is 4.30. The van der Waals surface area contributed by atoms with Crippen LogP contribution in [0.15, 0.2) is 16.6 Å². The number of hydrogen-bond donors (Lipinski definition) is 3. The average molecular weight is 354 g/mol. The molecule has 18 heavy (non-hydrogen) atoms. The van der Waals surface area contributed by atoms with Gasteiger partial charge in [-0.3, -0.25) is 4.79 Å². The third-order valence-corrected chi connectivity index (χ3v) is 4.62. The Balaban J connectivity index is 2.23. The van der Waals surface area contributed by atoms with Gasteiger partial charge in [0.2, 0.25) is 0 Å². The monoisotopic (exact) mass is 352 g/mol. The van der Waals surface area contributed by atoms with Crippen molar-refractivity contribution in [1.82, 2.24) is 5.32 Å². The molecule has 0 aliphatic carbocycles. The first kappa shape index (κ1) is 13.9. The molecule has 1 aliphatic heterocycles. The molecule has 0 amide bonds. The maximum atomic E-state index is 10.9. The summed E-state index contributed by atoms with van der Waals surface area (Å²) in [5, 5.41) is 16.0. The highest BCUT2D eigenvalue weighted by Gasteiger charge is 2.39. The molecular weight excluding hydrogens is 343 g/mol. The van der Waals surface area contributed by atoms with Gasteiger partial charge in [0.25, 0.3) is 0 Å². The Hall–Kier alpha value is -0.490. The summed E-state index contributed by atoms with van der Waals surface area (Å²) in [6.45, 7) is 1.17. The average Bonchev–Trinajstić information content (AvgIpc) is 2.26. The lowest BCUT2D eigenvalue weighted by atomic mass is 9.88. The van der Waals surface area contributed by atoms with Crippen LogP contribution in [0.4, 0.5) is 5.69 Å². The minimum absolute atomic E-state index is 0.0318. The number of anilines is 1. The summed E-state index contributed by atoms with van der Waals surface area (Å²) >= 11 is 15.4. The number of carboxylic acids is 1. The molecule has 3 N–H and O–H groups in total. The molecule has 4 nitrogen and oxygen atoms in total. The number of carbonyl (C=O) groups is 1. The van der Waals surface area contributed by atoms with Gasteiger partial charge >= 0.3 is 5.97 Å². The highest BCUT2D eigenvalue weighted by Crippen LogP contribution is 2.37. The molecular formula is C11H11BrCl2N2O2. The predicted octanol–water partition coefficient (Wildman–Crippen LogP) is 2.98. The van der Waals surface area contributed by atoms with E-state index in [1.54, 1.807) is 12.1 Å². The normalized spacial score (nSPS) is 17.1. The molecule has 1 heterocycles. The zero-order valence-electron chi connectivity index (χ0n) is 9.27. The molecule has 0 atom stereocenters. The number of nitrogens with one attached hydrogen (secondary N) is 2. The Morgan fingerprint density at radius 3 is 2.61 bits per heavy atom. The van der Waals surface area contributed by atoms with Crippen LogP contribution in [0.5, 0.6) is 0 Å². The van der Waals surface area contributed by atoms with E-state index in [0.717, 1.165) is 0 Å². The Morgan fingerprint density at radius 2 is 2.11 bits per heavy atom. The standard InChI is InChI=1S/C11H11BrCl2N2O2/c12-6-1-2-7(10(14)9(6)13)16-11(3-8(17)18)4-15-5-11/h1-2,15-16H,3-5H2,(H,17,18). The molecule has 0 radical (unpaired) electrons. The summed E-state index contributed by atoms with van der Waals surface area (Å²) in [7, 11) is 0. The minimum Gasteiger partial charge on any atom is -0.481 e. The number of rotatable bonds is 4. The van der Waals surface area contributed by atoms with Gasteiger partial charge in [-0.2, -0.15) is 0 Å². The second-order valence-corrected chi connectivity index (χ2v) is 5.91. The van der Waals surface area contributed by atoms with E-state index in [2.05, 4.69) is 26.6 Å². The number of carboxylic acid groups (broad SMARTS) is 1. The molecule has 1 aliphatic rings. The third kappa shape index (κ3) is 2.74. The van der Waals surface area contributed by atoms with Gasteiger partial charge in [0.05, 0.1) is 27.7 Å². The molecule has 0 spiro atoms. The number of benzene rings is 1. The van der Waals surface area contributed by atoms with E-state index in [4.69, 9.17) is 28.3 Å². The first-order chi connectivity index (χ1) is 8.43. The van der Waals surface area contributed by atoms with Crippen molar-refractivity contribution in [3.05, 3.63) is 26.7 Å². The van der Waals surface area contributed by atoms with E-state index in [0.29, 0.717) is 33.3 Å². The molecule has 7 heteroatoms. The fourth-order valence-electron chi connectivity index (χ4n) is 1.88. The van der Waals surface area contributed by atoms with Crippen LogP contribution >= 0.6 is 39.1 Å². The Kier molecular flexibility index (Phi) is 4.06. The zero-order chi connectivity index (χ0) is 13.3. The van der Waals surface area contributed by atoms with E-state index in [-0.39, 0.29) is 6.42 Å². The first-order valence-electron chi connectivity index (χ1n) is 5.28. The summed E-state index contributed by atoms with van der Waals surface area (Å²) in [5.74, 6) is -0.844. The zero-order valence-corrected chi connectivity index (χ0v) is 12.4. The van der Waals surface area contributed by atoms with Gasteiger partial charge in [-0.1, -0.05) is 23.2 Å². The molecule has 98 valence electrons. The van der Waals surface area contributed by atoms with Gasteiger partial charge in [0, 0.05) is 17.6 Å². The van der Waals surface area contributed by atoms with E-state index in [1.165, 1.54) is 0 Å². The molecule has 0 saturated carbocycles. The lowest BCUT2D eigenvalue weighted by Gasteiger charge is -2.43. The third-order valence-electron chi connectivity index (χ3n) is 2.85. The van der Waals surface area contributed by atoms with Gasteiger partial charge in [0.15, 0.2) is 0 Å². The summed E-state index contributed by atoms with van der Waals surface area (Å²) in [4.78, 5) is 10.9. The largest absolute Gasteiger partial charge is 0.481 e. The van der Waals surface area contributed by atoms with Crippen molar-refractivity contribution in [3.8, 4) is 0 Å². The predicted molar refractivity (Wildman–Crippen MR) is 75.6 cm³/mol. The van der Waals surface area contributed by atoms with Crippen LogP contribution in [0, 0.1) is 0 Å². The van der Waals surface area contributed by atoms with Crippen LogP contribution in [0.1, 0.15) is 6.42 Å². The van der Waals surface area contributed by atoms with Crippen molar-refractivity contribution < 1.29 is 9.90 Å². The highest BCUT2D eigenvalue weighted by molar-refractivity contribution is 9.10. The minimum atomic E-state index is -0.844. The van der Waals surface area contributed by atoms with Gasteiger partial charge in [-0.05, 0) is 28.1 Å². The quantitative estimate of drug-likeness (QED) is 0.728. The second kappa shape index (κ2) is 5.25. The van der Waals surface area contributed by atoms with Crippen molar-refractivity contribution in [2.24, 2.45) is 0 Å². The lowest BCUT2D eigenvalue weighted by Crippen LogP contribution is -2.65. The molecule has 0 unspecified atom stereocenters. The summed E-state index contributed by atoms with van der Waals surface area (Å²) in [6.07, 6.45) is 0.0318. The van der Waals surface area contributed by atoms with Crippen LogP contribution in [-0.2, 0) is 4.79 Å². The van der Waals surface area contributed by atoms with Crippen LogP contribution < -0.4 is 10.6 Å². The van der Waals surface area contributed by atoms with Crippen LogP contribution in [0.3, 0.4) is 0 Å². The smallest absolute Gasteiger partial charge is 0.305 e. The number of halogens is 3. The first-order valence-corrected chi connectivity index (χ1v) is 6.83. The Morgan fingerprint density at radius 1 is 1.44 bits per heavy atom. The fourth-order valence-corrected chi connectivity index (χ4v) is 2.70. The molecule has 0 bridgehead atoms. The molecule has 1 saturated heterocycles. The molecule has 0 aromatic heterocycles. The van der Waals surface area contributed by atoms with Crippen molar-refractivity contribution in [3.63, 3.8) is 0 Å². The summed E-state index contributed by atoms with van der Waals surface area (Å²) in [5.41, 5.74) is 0.153. The van der Waals surface area contributed by atoms with Gasteiger partial charge in [-0.25, -0.2) is 0 Å². The topological polar surface area (TPSA) is 61.4 Å². The van der Waals surface area contributed by atoms with E-state index >= 15 is 0 Å². The summed E-state index contributed by atoms with van der Waals surface area (Å²) in [6, 6.07) is 3.55. The van der Waals surface area contributed by atoms with E-state index in [1.807, 2.05) is 0 Å². The molecule has 1 fully saturated rings. The Bertz CT molecular complexity index is 492. The number of hydrogen-bond acceptors (Lipinski definition) is 3. The van der Waals surface area contributed by atoms with Crippen molar-refractivity contribution in [2.45, 2.75) is 12.0 Å². The fraction of sp³-hybridized carbons (Fsp3) is 0.364. The van der Waals surface area contributed by atoms with Gasteiger partial charge < -0.3 is 15.7 Å². The lowest BCUT2D eigenvalue weighted by molar-refractivity contribution is -0.138. The summed E-state index contributed by atoms with van der Waals surface area (Å²) < 4.78 is 0.707. The SMILES string of the molecule is O=C(O)CC1(Nc2ccc(Br)c(Cl)c2Cl)CNC1. The van der Waals surface area contributed by atoms with Gasteiger partial charge in [-0.15, -0.1) is 0 Å². The molecule has 1 aromatic carbocycles.